The second kappa shape index (κ2) is 8.60. The molecule has 35 heavy (non-hydrogen) atoms. The number of amides is 2. The van der Waals surface area contributed by atoms with E-state index < -0.39 is 29.0 Å². The molecule has 2 amide bonds. The molecule has 2 aromatic heterocycles. The van der Waals surface area contributed by atoms with Crippen LogP contribution in [0.3, 0.4) is 0 Å². The average molecular weight is 473 g/mol. The molecule has 1 aliphatic heterocycles. The summed E-state index contributed by atoms with van der Waals surface area (Å²) in [6, 6.07) is 15.4. The van der Waals surface area contributed by atoms with E-state index in [2.05, 4.69) is 5.10 Å². The van der Waals surface area contributed by atoms with Gasteiger partial charge in [0.15, 0.2) is 12.4 Å². The highest BCUT2D eigenvalue weighted by Gasteiger charge is 2.48. The zero-order valence-corrected chi connectivity index (χ0v) is 18.5. The fourth-order valence-corrected chi connectivity index (χ4v) is 4.12. The van der Waals surface area contributed by atoms with Gasteiger partial charge in [-0.25, -0.2) is 18.4 Å². The van der Waals surface area contributed by atoms with Crippen molar-refractivity contribution in [1.82, 2.24) is 9.78 Å². The quantitative estimate of drug-likeness (QED) is 0.357. The zero-order chi connectivity index (χ0) is 24.7. The number of nitrogens with zero attached hydrogens (tertiary/aromatic N) is 3. The number of benzene rings is 2. The highest BCUT2D eigenvalue weighted by atomic mass is 19.1. The number of anilines is 1. The van der Waals surface area contributed by atoms with E-state index in [1.54, 1.807) is 37.5 Å². The maximum Gasteiger partial charge on any atom is 0.331 e. The number of aromatic amines is 1. The van der Waals surface area contributed by atoms with Crippen LogP contribution in [0.15, 0.2) is 83.9 Å². The summed E-state index contributed by atoms with van der Waals surface area (Å²) in [7, 11) is 0. The molecule has 0 atom stereocenters. The summed E-state index contributed by atoms with van der Waals surface area (Å²) in [5.74, 6) is -2.32. The number of carbonyl (C=O) groups is 2. The van der Waals surface area contributed by atoms with Crippen LogP contribution in [0.4, 0.5) is 14.5 Å². The van der Waals surface area contributed by atoms with Gasteiger partial charge in [0.05, 0.1) is 16.9 Å². The molecule has 9 heteroatoms. The second-order valence-electron chi connectivity index (χ2n) is 7.86. The lowest BCUT2D eigenvalue weighted by Crippen LogP contribution is -2.39. The normalized spacial score (nSPS) is 13.7. The van der Waals surface area contributed by atoms with E-state index in [9.17, 15) is 23.2 Å². The Kier molecular flexibility index (Phi) is 5.44. The van der Waals surface area contributed by atoms with Crippen molar-refractivity contribution in [3.05, 3.63) is 112 Å². The van der Waals surface area contributed by atoms with Gasteiger partial charge in [0.1, 0.15) is 17.2 Å². The first-order valence-corrected chi connectivity index (χ1v) is 10.9. The summed E-state index contributed by atoms with van der Waals surface area (Å²) in [5.41, 5.74) is 0.402. The van der Waals surface area contributed by atoms with Crippen molar-refractivity contribution in [2.24, 2.45) is 0 Å². The SMILES string of the molecule is CCc1[nH]n(-c2ccc(F)cc2)c(=O)c1C1=C([n+]2ccccc2)C(=O)N(c2ccc(F)cc2)C1=O. The minimum absolute atomic E-state index is 0.00280. The fourth-order valence-electron chi connectivity index (χ4n) is 4.12. The van der Waals surface area contributed by atoms with Crippen molar-refractivity contribution in [2.75, 3.05) is 4.90 Å². The molecule has 174 valence electrons. The molecule has 2 aromatic carbocycles. The van der Waals surface area contributed by atoms with Crippen LogP contribution in [0.1, 0.15) is 18.2 Å². The summed E-state index contributed by atoms with van der Waals surface area (Å²) >= 11 is 0. The van der Waals surface area contributed by atoms with Gasteiger partial charge >= 0.3 is 5.91 Å². The molecule has 4 aromatic rings. The van der Waals surface area contributed by atoms with Gasteiger partial charge in [-0.2, -0.15) is 4.57 Å². The third-order valence-electron chi connectivity index (χ3n) is 5.77. The summed E-state index contributed by atoms with van der Waals surface area (Å²) in [4.78, 5) is 41.8. The van der Waals surface area contributed by atoms with E-state index in [1.807, 2.05) is 0 Å². The van der Waals surface area contributed by atoms with E-state index in [0.717, 1.165) is 17.0 Å². The molecule has 1 aliphatic rings. The summed E-state index contributed by atoms with van der Waals surface area (Å²) in [5, 5.41) is 2.99. The summed E-state index contributed by atoms with van der Waals surface area (Å²) < 4.78 is 29.7. The van der Waals surface area contributed by atoms with Gasteiger partial charge in [-0.05, 0) is 55.0 Å². The second-order valence-corrected chi connectivity index (χ2v) is 7.86. The Morgan fingerprint density at radius 1 is 0.800 bits per heavy atom. The highest BCUT2D eigenvalue weighted by Crippen LogP contribution is 2.33. The number of carbonyl (C=O) groups excluding carboxylic acids is 2. The molecule has 0 saturated carbocycles. The molecule has 5 rings (SSSR count). The van der Waals surface area contributed by atoms with Gasteiger partial charge in [0.25, 0.3) is 17.2 Å². The molecular weight excluding hydrogens is 454 g/mol. The van der Waals surface area contributed by atoms with Crippen molar-refractivity contribution in [2.45, 2.75) is 13.3 Å². The number of hydrogen-bond acceptors (Lipinski definition) is 3. The molecule has 0 saturated heterocycles. The predicted octanol–water partition coefficient (Wildman–Crippen LogP) is 3.24. The first-order chi connectivity index (χ1) is 16.9. The van der Waals surface area contributed by atoms with Crippen LogP contribution in [0.25, 0.3) is 17.0 Å². The van der Waals surface area contributed by atoms with E-state index in [-0.39, 0.29) is 22.5 Å². The number of H-pyrrole nitrogens is 1. The molecule has 3 heterocycles. The van der Waals surface area contributed by atoms with Crippen LogP contribution in [-0.4, -0.2) is 21.6 Å². The number of hydrogen-bond donors (Lipinski definition) is 1. The largest absolute Gasteiger partial charge is 0.331 e. The maximum absolute atomic E-state index is 13.7. The smallest absolute Gasteiger partial charge is 0.294 e. The van der Waals surface area contributed by atoms with Crippen molar-refractivity contribution in [3.63, 3.8) is 0 Å². The predicted molar refractivity (Wildman–Crippen MR) is 124 cm³/mol. The van der Waals surface area contributed by atoms with Crippen LogP contribution in [-0.2, 0) is 16.0 Å². The third-order valence-corrected chi connectivity index (χ3v) is 5.77. The van der Waals surface area contributed by atoms with Crippen molar-refractivity contribution >= 4 is 28.8 Å². The topological polar surface area (TPSA) is 79.1 Å². The van der Waals surface area contributed by atoms with Crippen molar-refractivity contribution < 1.29 is 22.9 Å². The number of imide groups is 1. The van der Waals surface area contributed by atoms with Gasteiger partial charge in [-0.15, -0.1) is 0 Å². The fraction of sp³-hybridized carbons (Fsp3) is 0.0769. The lowest BCUT2D eigenvalue weighted by Gasteiger charge is -2.13. The average Bonchev–Trinajstić information content (AvgIpc) is 3.33. The molecular formula is C26H19F2N4O3+. The zero-order valence-electron chi connectivity index (χ0n) is 18.5. The number of nitrogens with one attached hydrogen (secondary N) is 1. The number of pyridine rings is 1. The molecule has 1 N–H and O–H groups in total. The van der Waals surface area contributed by atoms with E-state index in [1.165, 1.54) is 45.6 Å². The van der Waals surface area contributed by atoms with Crippen LogP contribution < -0.4 is 15.0 Å². The lowest BCUT2D eigenvalue weighted by molar-refractivity contribution is -0.576. The van der Waals surface area contributed by atoms with E-state index in [0.29, 0.717) is 17.8 Å². The first-order valence-electron chi connectivity index (χ1n) is 10.9. The molecule has 0 radical (unpaired) electrons. The summed E-state index contributed by atoms with van der Waals surface area (Å²) in [6.07, 6.45) is 3.56. The van der Waals surface area contributed by atoms with Crippen LogP contribution in [0, 0.1) is 11.6 Å². The van der Waals surface area contributed by atoms with Crippen molar-refractivity contribution in [1.29, 1.82) is 0 Å². The number of halogens is 2. The van der Waals surface area contributed by atoms with Gasteiger partial charge in [-0.3, -0.25) is 19.5 Å². The van der Waals surface area contributed by atoms with Crippen LogP contribution in [0.2, 0.25) is 0 Å². The number of aromatic nitrogens is 3. The molecule has 0 bridgehead atoms. The Morgan fingerprint density at radius 3 is 1.94 bits per heavy atom. The Labute approximate surface area is 198 Å². The standard InChI is InChI=1S/C26H18F2N4O3/c1-2-20-21(25(34)32(29-20)19-12-8-17(28)9-13-19)22-23(30-14-4-3-5-15-30)26(35)31(24(22)33)18-10-6-16(27)7-11-18/h3-15H,2H2,1H3/p+1. The minimum Gasteiger partial charge on any atom is -0.294 e. The third kappa shape index (κ3) is 3.67. The molecule has 7 nitrogen and oxygen atoms in total. The Hall–Kier alpha value is -4.66. The lowest BCUT2D eigenvalue weighted by atomic mass is 10.0. The van der Waals surface area contributed by atoms with Gasteiger partial charge in [-0.1, -0.05) is 13.0 Å². The van der Waals surface area contributed by atoms with Gasteiger partial charge < -0.3 is 0 Å². The molecule has 0 fully saturated rings. The summed E-state index contributed by atoms with van der Waals surface area (Å²) in [6.45, 7) is 1.80. The highest BCUT2D eigenvalue weighted by molar-refractivity contribution is 6.53. The van der Waals surface area contributed by atoms with Crippen LogP contribution >= 0.6 is 0 Å². The molecule has 0 spiro atoms. The number of aryl methyl sites for hydroxylation is 1. The monoisotopic (exact) mass is 473 g/mol. The molecule has 0 unspecified atom stereocenters. The first kappa shape index (κ1) is 22.1. The molecule has 0 aliphatic carbocycles. The Morgan fingerprint density at radius 2 is 1.37 bits per heavy atom. The van der Waals surface area contributed by atoms with E-state index >= 15 is 0 Å². The Balaban J connectivity index is 1.76. The van der Waals surface area contributed by atoms with Gasteiger partial charge in [0, 0.05) is 17.8 Å². The minimum atomic E-state index is -0.704. The van der Waals surface area contributed by atoms with Crippen LogP contribution in [0.5, 0.6) is 0 Å². The van der Waals surface area contributed by atoms with Crippen molar-refractivity contribution in [3.8, 4) is 5.69 Å². The maximum atomic E-state index is 13.7. The van der Waals surface area contributed by atoms with Gasteiger partial charge in [0.2, 0.25) is 0 Å². The number of rotatable bonds is 5. The van der Waals surface area contributed by atoms with E-state index in [4.69, 9.17) is 0 Å². The Bertz CT molecular complexity index is 1540.